The van der Waals surface area contributed by atoms with E-state index in [0.29, 0.717) is 18.8 Å². The van der Waals surface area contributed by atoms with Crippen molar-refractivity contribution < 1.29 is 9.59 Å². The van der Waals surface area contributed by atoms with Crippen LogP contribution in [0.4, 0.5) is 0 Å². The second-order valence-electron chi connectivity index (χ2n) is 5.19. The summed E-state index contributed by atoms with van der Waals surface area (Å²) in [5.41, 5.74) is 3.29. The highest BCUT2D eigenvalue weighted by Gasteiger charge is 2.19. The third-order valence-corrected chi connectivity index (χ3v) is 3.32. The lowest BCUT2D eigenvalue weighted by Gasteiger charge is -2.11. The van der Waals surface area contributed by atoms with E-state index >= 15 is 0 Å². The monoisotopic (exact) mass is 234 g/mol. The van der Waals surface area contributed by atoms with Crippen molar-refractivity contribution in [3.63, 3.8) is 0 Å². The number of carbonyl (C=O) groups is 2. The van der Waals surface area contributed by atoms with Gasteiger partial charge in [-0.05, 0) is 32.6 Å². The van der Waals surface area contributed by atoms with Crippen LogP contribution in [-0.2, 0) is 9.59 Å². The molecule has 0 radical (unpaired) electrons. The molecule has 0 N–H and O–H groups in total. The summed E-state index contributed by atoms with van der Waals surface area (Å²) >= 11 is 0. The Morgan fingerprint density at radius 2 is 1.94 bits per heavy atom. The molecule has 0 fully saturated rings. The number of carbonyl (C=O) groups excluding carboxylic acids is 2. The predicted molar refractivity (Wildman–Crippen MR) is 69.8 cm³/mol. The summed E-state index contributed by atoms with van der Waals surface area (Å²) in [6, 6.07) is 0. The molecule has 0 saturated carbocycles. The van der Waals surface area contributed by atoms with Crippen LogP contribution in [0.15, 0.2) is 22.8 Å². The van der Waals surface area contributed by atoms with Crippen LogP contribution < -0.4 is 0 Å². The predicted octanol–water partition coefficient (Wildman–Crippen LogP) is 3.62. The molecule has 17 heavy (non-hydrogen) atoms. The summed E-state index contributed by atoms with van der Waals surface area (Å²) in [6.07, 6.45) is 4.92. The number of ketones is 2. The molecule has 0 heterocycles. The second-order valence-corrected chi connectivity index (χ2v) is 5.19. The Morgan fingerprint density at radius 3 is 2.35 bits per heavy atom. The molecule has 0 unspecified atom stereocenters. The molecule has 2 heteroatoms. The zero-order chi connectivity index (χ0) is 13.0. The van der Waals surface area contributed by atoms with E-state index in [-0.39, 0.29) is 11.6 Å². The maximum absolute atomic E-state index is 11.7. The largest absolute Gasteiger partial charge is 0.300 e. The van der Waals surface area contributed by atoms with Crippen LogP contribution >= 0.6 is 0 Å². The first kappa shape index (κ1) is 13.9. The molecule has 1 aliphatic rings. The molecular weight excluding hydrogens is 212 g/mol. The van der Waals surface area contributed by atoms with Crippen LogP contribution in [0.2, 0.25) is 0 Å². The Labute approximate surface area is 104 Å². The van der Waals surface area contributed by atoms with Crippen molar-refractivity contribution >= 4 is 11.6 Å². The van der Waals surface area contributed by atoms with E-state index in [1.54, 1.807) is 6.92 Å². The highest BCUT2D eigenvalue weighted by Crippen LogP contribution is 2.27. The minimum Gasteiger partial charge on any atom is -0.300 e. The van der Waals surface area contributed by atoms with Crippen LogP contribution in [0.5, 0.6) is 0 Å². The Morgan fingerprint density at radius 1 is 1.29 bits per heavy atom. The van der Waals surface area contributed by atoms with Crippen LogP contribution in [0.25, 0.3) is 0 Å². The first-order chi connectivity index (χ1) is 7.91. The Bertz CT molecular complexity index is 384. The Kier molecular flexibility index (Phi) is 4.86. The number of rotatable bonds is 5. The number of allylic oxidation sites excluding steroid dienone is 4. The van der Waals surface area contributed by atoms with E-state index in [0.717, 1.165) is 18.4 Å². The summed E-state index contributed by atoms with van der Waals surface area (Å²) in [4.78, 5) is 22.7. The first-order valence-corrected chi connectivity index (χ1v) is 6.34. The summed E-state index contributed by atoms with van der Waals surface area (Å²) in [6.45, 7) is 7.87. The lowest BCUT2D eigenvalue weighted by Crippen LogP contribution is -2.01. The summed E-state index contributed by atoms with van der Waals surface area (Å²) in [5.74, 6) is 0.853. The third kappa shape index (κ3) is 3.95. The van der Waals surface area contributed by atoms with Crippen LogP contribution in [-0.4, -0.2) is 11.6 Å². The van der Waals surface area contributed by atoms with Gasteiger partial charge in [0.1, 0.15) is 5.78 Å². The van der Waals surface area contributed by atoms with Gasteiger partial charge in [0.2, 0.25) is 0 Å². The van der Waals surface area contributed by atoms with Crippen molar-refractivity contribution in [2.45, 2.75) is 53.4 Å². The van der Waals surface area contributed by atoms with Crippen LogP contribution in [0.3, 0.4) is 0 Å². The molecule has 0 bridgehead atoms. The molecule has 94 valence electrons. The van der Waals surface area contributed by atoms with E-state index in [4.69, 9.17) is 0 Å². The highest BCUT2D eigenvalue weighted by molar-refractivity contribution is 6.01. The molecule has 0 saturated heterocycles. The molecule has 0 spiro atoms. The zero-order valence-corrected chi connectivity index (χ0v) is 11.3. The molecule has 0 atom stereocenters. The molecule has 0 aliphatic heterocycles. The lowest BCUT2D eigenvalue weighted by atomic mass is 9.94. The van der Waals surface area contributed by atoms with Crippen molar-refractivity contribution in [3.05, 3.63) is 22.8 Å². The maximum Gasteiger partial charge on any atom is 0.163 e. The maximum atomic E-state index is 11.7. The molecule has 0 aromatic rings. The normalized spacial score (nSPS) is 17.2. The first-order valence-electron chi connectivity index (χ1n) is 6.34. The van der Waals surface area contributed by atoms with Crippen molar-refractivity contribution in [3.8, 4) is 0 Å². The third-order valence-electron chi connectivity index (χ3n) is 3.32. The van der Waals surface area contributed by atoms with E-state index in [1.807, 2.05) is 13.0 Å². The molecule has 2 nitrogen and oxygen atoms in total. The Balaban J connectivity index is 2.87. The topological polar surface area (TPSA) is 34.1 Å². The van der Waals surface area contributed by atoms with Gasteiger partial charge in [-0.15, -0.1) is 0 Å². The van der Waals surface area contributed by atoms with E-state index in [2.05, 4.69) is 13.8 Å². The quantitative estimate of drug-likeness (QED) is 0.728. The minimum atomic E-state index is 0.208. The molecule has 1 aliphatic carbocycles. The van der Waals surface area contributed by atoms with Crippen molar-refractivity contribution in [1.29, 1.82) is 0 Å². The van der Waals surface area contributed by atoms with Crippen molar-refractivity contribution in [2.24, 2.45) is 5.92 Å². The van der Waals surface area contributed by atoms with Gasteiger partial charge in [-0.3, -0.25) is 4.79 Å². The van der Waals surface area contributed by atoms with Crippen molar-refractivity contribution in [1.82, 2.24) is 0 Å². The van der Waals surface area contributed by atoms with Gasteiger partial charge in [0, 0.05) is 18.4 Å². The average Bonchev–Trinajstić information content (AvgIpc) is 2.53. The average molecular weight is 234 g/mol. The van der Waals surface area contributed by atoms with Gasteiger partial charge in [-0.1, -0.05) is 31.1 Å². The van der Waals surface area contributed by atoms with Crippen LogP contribution in [0.1, 0.15) is 53.4 Å². The Hall–Kier alpha value is -1.18. The lowest BCUT2D eigenvalue weighted by molar-refractivity contribution is -0.117. The fraction of sp³-hybridized carbons (Fsp3) is 0.600. The van der Waals surface area contributed by atoms with Crippen LogP contribution in [0, 0.1) is 5.92 Å². The summed E-state index contributed by atoms with van der Waals surface area (Å²) in [5, 5.41) is 0. The molecule has 0 aromatic carbocycles. The van der Waals surface area contributed by atoms with E-state index in [1.165, 1.54) is 11.1 Å². The van der Waals surface area contributed by atoms with E-state index in [9.17, 15) is 9.59 Å². The smallest absolute Gasteiger partial charge is 0.163 e. The van der Waals surface area contributed by atoms with Gasteiger partial charge >= 0.3 is 0 Å². The zero-order valence-electron chi connectivity index (χ0n) is 11.3. The SMILES string of the molecule is CC(=O)CCC(=CC1=C(C)CCC1=O)C(C)C. The van der Waals surface area contributed by atoms with Gasteiger partial charge in [-0.25, -0.2) is 0 Å². The van der Waals surface area contributed by atoms with Gasteiger partial charge in [0.15, 0.2) is 5.78 Å². The molecule has 1 rings (SSSR count). The fourth-order valence-corrected chi connectivity index (χ4v) is 2.05. The number of Topliss-reactive ketones (excluding diaryl/α,β-unsaturated/α-hetero) is 2. The van der Waals surface area contributed by atoms with Gasteiger partial charge in [0.25, 0.3) is 0 Å². The minimum absolute atomic E-state index is 0.208. The molecule has 0 aromatic heterocycles. The van der Waals surface area contributed by atoms with Gasteiger partial charge in [0.05, 0.1) is 0 Å². The fourth-order valence-electron chi connectivity index (χ4n) is 2.05. The van der Waals surface area contributed by atoms with E-state index < -0.39 is 0 Å². The van der Waals surface area contributed by atoms with Crippen molar-refractivity contribution in [2.75, 3.05) is 0 Å². The number of hydrogen-bond acceptors (Lipinski definition) is 2. The standard InChI is InChI=1S/C15H22O2/c1-10(2)13(7-6-12(4)16)9-14-11(3)5-8-15(14)17/h9-10H,5-8H2,1-4H3. The highest BCUT2D eigenvalue weighted by atomic mass is 16.1. The molecular formula is C15H22O2. The second kappa shape index (κ2) is 5.95. The molecule has 0 amide bonds. The van der Waals surface area contributed by atoms with Gasteiger partial charge in [-0.2, -0.15) is 0 Å². The summed E-state index contributed by atoms with van der Waals surface area (Å²) in [7, 11) is 0. The number of hydrogen-bond donors (Lipinski definition) is 0. The van der Waals surface area contributed by atoms with Gasteiger partial charge < -0.3 is 4.79 Å². The summed E-state index contributed by atoms with van der Waals surface area (Å²) < 4.78 is 0.